The van der Waals surface area contributed by atoms with Crippen molar-refractivity contribution in [2.24, 2.45) is 0 Å². The van der Waals surface area contributed by atoms with Gasteiger partial charge in [0, 0.05) is 19.3 Å². The smallest absolute Gasteiger partial charge is 0.129 e. The van der Waals surface area contributed by atoms with Crippen molar-refractivity contribution in [3.63, 3.8) is 0 Å². The summed E-state index contributed by atoms with van der Waals surface area (Å²) in [5, 5.41) is 4.08. The molecule has 1 aromatic rings. The van der Waals surface area contributed by atoms with E-state index in [4.69, 9.17) is 16.3 Å². The van der Waals surface area contributed by atoms with Crippen molar-refractivity contribution in [2.45, 2.75) is 51.3 Å². The van der Waals surface area contributed by atoms with Crippen LogP contribution in [0.15, 0.2) is 12.3 Å². The largest absolute Gasteiger partial charge is 0.374 e. The zero-order valence-electron chi connectivity index (χ0n) is 12.6. The van der Waals surface area contributed by atoms with Crippen molar-refractivity contribution in [2.75, 3.05) is 24.6 Å². The van der Waals surface area contributed by atoms with Crippen molar-refractivity contribution in [3.05, 3.63) is 22.8 Å². The standard InChI is InChI=1S/C16H24ClN3O/c1-2-18-10-12-9-16(19-11-13(12)17)20-7-8-21-15-6-4-3-5-14(15)20/h9,11,14-15,18H,2-8,10H2,1H3. The molecule has 5 heteroatoms. The Morgan fingerprint density at radius 2 is 2.29 bits per heavy atom. The average molecular weight is 310 g/mol. The summed E-state index contributed by atoms with van der Waals surface area (Å²) in [5.74, 6) is 1.05. The van der Waals surface area contributed by atoms with Gasteiger partial charge < -0.3 is 15.0 Å². The predicted molar refractivity (Wildman–Crippen MR) is 86.0 cm³/mol. The van der Waals surface area contributed by atoms with E-state index >= 15 is 0 Å². The van der Waals surface area contributed by atoms with Crippen LogP contribution >= 0.6 is 11.6 Å². The Hall–Kier alpha value is -0.840. The number of halogens is 1. The molecule has 3 rings (SSSR count). The lowest BCUT2D eigenvalue weighted by Gasteiger charge is -2.44. The summed E-state index contributed by atoms with van der Waals surface area (Å²) in [6, 6.07) is 2.62. The molecule has 2 atom stereocenters. The van der Waals surface area contributed by atoms with E-state index in [0.29, 0.717) is 12.1 Å². The number of rotatable bonds is 4. The fourth-order valence-corrected chi connectivity index (χ4v) is 3.57. The van der Waals surface area contributed by atoms with Crippen LogP contribution in [0.5, 0.6) is 0 Å². The molecular weight excluding hydrogens is 286 g/mol. The molecule has 2 heterocycles. The SMILES string of the molecule is CCNCc1cc(N2CCOC3CCCCC32)ncc1Cl. The van der Waals surface area contributed by atoms with E-state index in [0.717, 1.165) is 42.6 Å². The van der Waals surface area contributed by atoms with Crippen LogP contribution in [0.25, 0.3) is 0 Å². The Labute approximate surface area is 131 Å². The Bertz CT molecular complexity index is 481. The third-order valence-corrected chi connectivity index (χ3v) is 4.85. The van der Waals surface area contributed by atoms with Gasteiger partial charge in [-0.25, -0.2) is 4.98 Å². The van der Waals surface area contributed by atoms with E-state index in [-0.39, 0.29) is 0 Å². The highest BCUT2D eigenvalue weighted by atomic mass is 35.5. The molecule has 1 saturated heterocycles. The summed E-state index contributed by atoms with van der Waals surface area (Å²) in [7, 11) is 0. The fraction of sp³-hybridized carbons (Fsp3) is 0.688. The van der Waals surface area contributed by atoms with E-state index < -0.39 is 0 Å². The average Bonchev–Trinajstić information content (AvgIpc) is 2.54. The Balaban J connectivity index is 1.81. The molecule has 2 fully saturated rings. The third-order valence-electron chi connectivity index (χ3n) is 4.51. The number of morpholine rings is 1. The van der Waals surface area contributed by atoms with Crippen LogP contribution < -0.4 is 10.2 Å². The number of pyridine rings is 1. The molecule has 0 aromatic carbocycles. The van der Waals surface area contributed by atoms with Gasteiger partial charge in [0.25, 0.3) is 0 Å². The van der Waals surface area contributed by atoms with Gasteiger partial charge in [0.05, 0.1) is 23.8 Å². The maximum Gasteiger partial charge on any atom is 0.129 e. The first-order valence-electron chi connectivity index (χ1n) is 8.03. The summed E-state index contributed by atoms with van der Waals surface area (Å²) < 4.78 is 5.94. The Kier molecular flexibility index (Phi) is 4.99. The minimum absolute atomic E-state index is 0.377. The van der Waals surface area contributed by atoms with E-state index in [1.54, 1.807) is 6.20 Å². The van der Waals surface area contributed by atoms with Gasteiger partial charge in [-0.15, -0.1) is 0 Å². The van der Waals surface area contributed by atoms with Gasteiger partial charge in [0.15, 0.2) is 0 Å². The summed E-state index contributed by atoms with van der Waals surface area (Å²) in [6.45, 7) is 5.56. The summed E-state index contributed by atoms with van der Waals surface area (Å²) in [5.41, 5.74) is 1.13. The monoisotopic (exact) mass is 309 g/mol. The number of hydrogen-bond acceptors (Lipinski definition) is 4. The summed E-state index contributed by atoms with van der Waals surface area (Å²) in [6.07, 6.45) is 7.13. The lowest BCUT2D eigenvalue weighted by atomic mass is 9.90. The van der Waals surface area contributed by atoms with E-state index in [1.165, 1.54) is 25.7 Å². The highest BCUT2D eigenvalue weighted by Crippen LogP contribution is 2.32. The van der Waals surface area contributed by atoms with Gasteiger partial charge in [-0.3, -0.25) is 0 Å². The van der Waals surface area contributed by atoms with E-state index in [1.807, 2.05) is 0 Å². The predicted octanol–water partition coefficient (Wildman–Crippen LogP) is 2.99. The molecule has 1 aromatic heterocycles. The number of hydrogen-bond donors (Lipinski definition) is 1. The molecule has 116 valence electrons. The minimum Gasteiger partial charge on any atom is -0.374 e. The van der Waals surface area contributed by atoms with Gasteiger partial charge in [0.2, 0.25) is 0 Å². The zero-order chi connectivity index (χ0) is 14.7. The quantitative estimate of drug-likeness (QED) is 0.928. The highest BCUT2D eigenvalue weighted by Gasteiger charge is 2.34. The highest BCUT2D eigenvalue weighted by molar-refractivity contribution is 6.31. The fourth-order valence-electron chi connectivity index (χ4n) is 3.40. The molecule has 2 unspecified atom stereocenters. The molecule has 1 aliphatic carbocycles. The first-order chi connectivity index (χ1) is 10.3. The first-order valence-corrected chi connectivity index (χ1v) is 8.40. The van der Waals surface area contributed by atoms with E-state index in [9.17, 15) is 0 Å². The molecule has 0 bridgehead atoms. The van der Waals surface area contributed by atoms with Crippen molar-refractivity contribution in [1.29, 1.82) is 0 Å². The van der Waals surface area contributed by atoms with Crippen LogP contribution in [0, 0.1) is 0 Å². The number of nitrogens with one attached hydrogen (secondary N) is 1. The van der Waals surface area contributed by atoms with Crippen molar-refractivity contribution in [3.8, 4) is 0 Å². The van der Waals surface area contributed by atoms with Crippen LogP contribution in [0.2, 0.25) is 5.02 Å². The second kappa shape index (κ2) is 6.95. The molecule has 4 nitrogen and oxygen atoms in total. The number of anilines is 1. The van der Waals surface area contributed by atoms with Crippen LogP contribution in [0.3, 0.4) is 0 Å². The van der Waals surface area contributed by atoms with E-state index in [2.05, 4.69) is 28.2 Å². The maximum absolute atomic E-state index is 6.26. The Morgan fingerprint density at radius 1 is 1.43 bits per heavy atom. The topological polar surface area (TPSA) is 37.4 Å². The number of aromatic nitrogens is 1. The number of ether oxygens (including phenoxy) is 1. The molecule has 1 aliphatic heterocycles. The maximum atomic E-state index is 6.26. The molecule has 21 heavy (non-hydrogen) atoms. The third kappa shape index (κ3) is 3.33. The van der Waals surface area contributed by atoms with Crippen molar-refractivity contribution < 1.29 is 4.74 Å². The number of fused-ring (bicyclic) bond motifs is 1. The lowest BCUT2D eigenvalue weighted by molar-refractivity contribution is -0.00899. The first kappa shape index (κ1) is 15.1. The molecule has 1 N–H and O–H groups in total. The van der Waals surface area contributed by atoms with Gasteiger partial charge in [0.1, 0.15) is 5.82 Å². The van der Waals surface area contributed by atoms with Gasteiger partial charge >= 0.3 is 0 Å². The second-order valence-corrected chi connectivity index (χ2v) is 6.28. The van der Waals surface area contributed by atoms with Crippen LogP contribution in [-0.2, 0) is 11.3 Å². The number of nitrogens with zero attached hydrogens (tertiary/aromatic N) is 2. The second-order valence-electron chi connectivity index (χ2n) is 5.87. The molecular formula is C16H24ClN3O. The molecule has 1 saturated carbocycles. The van der Waals surface area contributed by atoms with Crippen LogP contribution in [0.4, 0.5) is 5.82 Å². The summed E-state index contributed by atoms with van der Waals surface area (Å²) in [4.78, 5) is 7.00. The summed E-state index contributed by atoms with van der Waals surface area (Å²) >= 11 is 6.26. The minimum atomic E-state index is 0.377. The molecule has 0 radical (unpaired) electrons. The molecule has 2 aliphatic rings. The van der Waals surface area contributed by atoms with Crippen LogP contribution in [-0.4, -0.2) is 36.8 Å². The van der Waals surface area contributed by atoms with Gasteiger partial charge in [-0.1, -0.05) is 31.4 Å². The molecule has 0 amide bonds. The molecule has 0 spiro atoms. The zero-order valence-corrected chi connectivity index (χ0v) is 13.4. The van der Waals surface area contributed by atoms with Gasteiger partial charge in [-0.2, -0.15) is 0 Å². The normalized spacial score (nSPS) is 25.7. The van der Waals surface area contributed by atoms with Gasteiger partial charge in [-0.05, 0) is 31.0 Å². The lowest BCUT2D eigenvalue weighted by Crippen LogP contribution is -2.53. The van der Waals surface area contributed by atoms with Crippen LogP contribution in [0.1, 0.15) is 38.2 Å². The Morgan fingerprint density at radius 3 is 3.14 bits per heavy atom. The van der Waals surface area contributed by atoms with Crippen molar-refractivity contribution in [1.82, 2.24) is 10.3 Å². The van der Waals surface area contributed by atoms with Crippen molar-refractivity contribution >= 4 is 17.4 Å².